The van der Waals surface area contributed by atoms with Gasteiger partial charge in [-0.3, -0.25) is 0 Å². The van der Waals surface area contributed by atoms with Gasteiger partial charge in [-0.1, -0.05) is 5.21 Å². The summed E-state index contributed by atoms with van der Waals surface area (Å²) in [5.41, 5.74) is 1.14. The fourth-order valence-electron chi connectivity index (χ4n) is 1.05. The topological polar surface area (TPSA) is 42.7 Å². The van der Waals surface area contributed by atoms with Crippen molar-refractivity contribution in [2.24, 2.45) is 0 Å². The normalized spacial score (nSPS) is 15.4. The monoisotopic (exact) mass is 238 g/mol. The predicted octanol–water partition coefficient (Wildman–Crippen LogP) is 0.566. The van der Waals surface area contributed by atoms with E-state index in [0.29, 0.717) is 0 Å². The second-order valence-electron chi connectivity index (χ2n) is 2.23. The van der Waals surface area contributed by atoms with Crippen LogP contribution < -0.4 is 5.32 Å². The number of fused-ring (bicyclic) bond motifs is 1. The zero-order chi connectivity index (χ0) is 6.97. The van der Waals surface area contributed by atoms with Crippen LogP contribution in [0.15, 0.2) is 4.60 Å². The van der Waals surface area contributed by atoms with Crippen LogP contribution in [0.5, 0.6) is 0 Å². The summed E-state index contributed by atoms with van der Waals surface area (Å²) in [7, 11) is 0. The van der Waals surface area contributed by atoms with Crippen LogP contribution in [0, 0.1) is 0 Å². The molecule has 1 aromatic heterocycles. The lowest BCUT2D eigenvalue weighted by atomic mass is 10.4. The molecule has 0 atom stereocenters. The van der Waals surface area contributed by atoms with Crippen molar-refractivity contribution in [3.05, 3.63) is 10.3 Å². The highest BCUT2D eigenvalue weighted by Crippen LogP contribution is 2.13. The third kappa shape index (κ3) is 1.55. The third-order valence-electron chi connectivity index (χ3n) is 1.58. The van der Waals surface area contributed by atoms with Crippen molar-refractivity contribution in [2.75, 3.05) is 6.54 Å². The Balaban J connectivity index is 0.000000605. The van der Waals surface area contributed by atoms with E-state index in [1.807, 2.05) is 4.68 Å². The van der Waals surface area contributed by atoms with Gasteiger partial charge in [0.15, 0.2) is 4.60 Å². The zero-order valence-electron chi connectivity index (χ0n) is 5.75. The first-order valence-electron chi connectivity index (χ1n) is 3.16. The highest BCUT2D eigenvalue weighted by molar-refractivity contribution is 9.10. The van der Waals surface area contributed by atoms with Gasteiger partial charge in [0.05, 0.1) is 12.2 Å². The Morgan fingerprint density at radius 2 is 2.36 bits per heavy atom. The average Bonchev–Trinajstić information content (AvgIpc) is 2.34. The van der Waals surface area contributed by atoms with Crippen LogP contribution in [0.25, 0.3) is 0 Å². The molecule has 0 radical (unpaired) electrons. The van der Waals surface area contributed by atoms with Crippen LogP contribution in [0.3, 0.4) is 0 Å². The third-order valence-corrected chi connectivity index (χ3v) is 2.20. The van der Waals surface area contributed by atoms with Crippen LogP contribution in [0.1, 0.15) is 5.69 Å². The Morgan fingerprint density at radius 3 is 3.09 bits per heavy atom. The fourth-order valence-corrected chi connectivity index (χ4v) is 1.46. The molecule has 0 saturated heterocycles. The highest BCUT2D eigenvalue weighted by atomic mass is 79.9. The van der Waals surface area contributed by atoms with Crippen molar-refractivity contribution in [1.29, 1.82) is 0 Å². The Bertz CT molecular complexity index is 249. The molecule has 1 aromatic rings. The molecule has 1 aliphatic heterocycles. The summed E-state index contributed by atoms with van der Waals surface area (Å²) in [4.78, 5) is 0. The molecule has 1 N–H and O–H groups in total. The van der Waals surface area contributed by atoms with E-state index in [-0.39, 0.29) is 12.4 Å². The number of halogens is 2. The molecular formula is C5H8BrClN4. The van der Waals surface area contributed by atoms with E-state index < -0.39 is 0 Å². The van der Waals surface area contributed by atoms with Crippen molar-refractivity contribution < 1.29 is 0 Å². The van der Waals surface area contributed by atoms with E-state index in [9.17, 15) is 0 Å². The van der Waals surface area contributed by atoms with E-state index in [1.165, 1.54) is 0 Å². The van der Waals surface area contributed by atoms with Crippen molar-refractivity contribution in [1.82, 2.24) is 20.3 Å². The van der Waals surface area contributed by atoms with E-state index in [1.54, 1.807) is 0 Å². The van der Waals surface area contributed by atoms with Gasteiger partial charge >= 0.3 is 0 Å². The van der Waals surface area contributed by atoms with E-state index in [2.05, 4.69) is 31.6 Å². The molecule has 4 nitrogen and oxygen atoms in total. The zero-order valence-corrected chi connectivity index (χ0v) is 8.15. The van der Waals surface area contributed by atoms with Gasteiger partial charge in [0.1, 0.15) is 0 Å². The molecule has 0 aliphatic carbocycles. The van der Waals surface area contributed by atoms with Crippen molar-refractivity contribution in [2.45, 2.75) is 13.1 Å². The Morgan fingerprint density at radius 1 is 1.55 bits per heavy atom. The van der Waals surface area contributed by atoms with Crippen molar-refractivity contribution in [3.8, 4) is 0 Å². The number of aromatic nitrogens is 3. The standard InChI is InChI=1S/C5H7BrN4.ClH/c6-5-4-3-7-1-2-10(4)9-8-5;/h7H,1-3H2;1H. The van der Waals surface area contributed by atoms with Crippen LogP contribution in [-0.4, -0.2) is 21.5 Å². The number of nitrogens with zero attached hydrogens (tertiary/aromatic N) is 3. The van der Waals surface area contributed by atoms with Gasteiger partial charge < -0.3 is 5.32 Å². The van der Waals surface area contributed by atoms with Gasteiger partial charge in [-0.15, -0.1) is 17.5 Å². The predicted molar refractivity (Wildman–Crippen MR) is 46.7 cm³/mol. The first-order valence-corrected chi connectivity index (χ1v) is 3.96. The molecule has 0 saturated carbocycles. The summed E-state index contributed by atoms with van der Waals surface area (Å²) < 4.78 is 2.78. The molecule has 0 spiro atoms. The van der Waals surface area contributed by atoms with E-state index >= 15 is 0 Å². The molecule has 62 valence electrons. The summed E-state index contributed by atoms with van der Waals surface area (Å²) >= 11 is 3.32. The maximum absolute atomic E-state index is 3.94. The summed E-state index contributed by atoms with van der Waals surface area (Å²) in [6.07, 6.45) is 0. The van der Waals surface area contributed by atoms with Crippen LogP contribution in [0.4, 0.5) is 0 Å². The molecule has 0 amide bonds. The van der Waals surface area contributed by atoms with E-state index in [4.69, 9.17) is 0 Å². The quantitative estimate of drug-likeness (QED) is 0.720. The van der Waals surface area contributed by atoms with Crippen LogP contribution in [-0.2, 0) is 13.1 Å². The van der Waals surface area contributed by atoms with Gasteiger partial charge in [0.25, 0.3) is 0 Å². The lowest BCUT2D eigenvalue weighted by Crippen LogP contribution is -2.28. The smallest absolute Gasteiger partial charge is 0.152 e. The first-order chi connectivity index (χ1) is 4.88. The average molecular weight is 240 g/mol. The SMILES string of the molecule is Brc1nnn2c1CNCC2.Cl. The molecular weight excluding hydrogens is 231 g/mol. The Kier molecular flexibility index (Phi) is 2.86. The largest absolute Gasteiger partial charge is 0.309 e. The van der Waals surface area contributed by atoms with E-state index in [0.717, 1.165) is 29.9 Å². The summed E-state index contributed by atoms with van der Waals surface area (Å²) in [5, 5.41) is 11.1. The maximum atomic E-state index is 3.94. The summed E-state index contributed by atoms with van der Waals surface area (Å²) in [6.45, 7) is 2.78. The molecule has 0 fully saturated rings. The number of nitrogens with one attached hydrogen (secondary N) is 1. The van der Waals surface area contributed by atoms with Gasteiger partial charge in [-0.05, 0) is 15.9 Å². The lowest BCUT2D eigenvalue weighted by molar-refractivity contribution is 0.467. The second-order valence-corrected chi connectivity index (χ2v) is 2.98. The molecule has 0 unspecified atom stereocenters. The molecule has 6 heteroatoms. The van der Waals surface area contributed by atoms with Crippen LogP contribution >= 0.6 is 28.3 Å². The summed E-state index contributed by atoms with van der Waals surface area (Å²) in [6, 6.07) is 0. The minimum absolute atomic E-state index is 0. The highest BCUT2D eigenvalue weighted by Gasteiger charge is 2.12. The van der Waals surface area contributed by atoms with Gasteiger partial charge in [0.2, 0.25) is 0 Å². The Labute approximate surface area is 78.9 Å². The molecule has 0 aromatic carbocycles. The van der Waals surface area contributed by atoms with Crippen molar-refractivity contribution in [3.63, 3.8) is 0 Å². The second kappa shape index (κ2) is 3.51. The van der Waals surface area contributed by atoms with Gasteiger partial charge in [-0.2, -0.15) is 0 Å². The summed E-state index contributed by atoms with van der Waals surface area (Å²) in [5.74, 6) is 0. The molecule has 1 aliphatic rings. The minimum atomic E-state index is 0. The number of rotatable bonds is 0. The molecule has 11 heavy (non-hydrogen) atoms. The first kappa shape index (κ1) is 8.96. The molecule has 0 bridgehead atoms. The molecule has 2 rings (SSSR count). The maximum Gasteiger partial charge on any atom is 0.152 e. The van der Waals surface area contributed by atoms with Crippen LogP contribution in [0.2, 0.25) is 0 Å². The van der Waals surface area contributed by atoms with Gasteiger partial charge in [0, 0.05) is 13.1 Å². The lowest BCUT2D eigenvalue weighted by Gasteiger charge is -2.12. The minimum Gasteiger partial charge on any atom is -0.309 e. The molecule has 2 heterocycles. The van der Waals surface area contributed by atoms with Crippen molar-refractivity contribution >= 4 is 28.3 Å². The number of hydrogen-bond donors (Lipinski definition) is 1. The number of hydrogen-bond acceptors (Lipinski definition) is 3. The fraction of sp³-hybridized carbons (Fsp3) is 0.600. The van der Waals surface area contributed by atoms with Gasteiger partial charge in [-0.25, -0.2) is 4.68 Å². The Hall–Kier alpha value is -0.130.